The predicted octanol–water partition coefficient (Wildman–Crippen LogP) is 1.27. The number of nitrogens with zero attached hydrogens (tertiary/aromatic N) is 3. The van der Waals surface area contributed by atoms with Crippen molar-refractivity contribution in [2.45, 2.75) is 6.54 Å². The van der Waals surface area contributed by atoms with E-state index in [0.717, 1.165) is 17.1 Å². The van der Waals surface area contributed by atoms with Crippen LogP contribution in [-0.2, 0) is 6.54 Å². The van der Waals surface area contributed by atoms with Crippen molar-refractivity contribution < 1.29 is 4.74 Å². The Balaban J connectivity index is 0.00000180. The lowest BCUT2D eigenvalue weighted by Gasteiger charge is -2.03. The molecule has 0 fully saturated rings. The van der Waals surface area contributed by atoms with E-state index in [1.54, 1.807) is 11.8 Å². The van der Waals surface area contributed by atoms with Crippen LogP contribution in [0.3, 0.4) is 0 Å². The lowest BCUT2D eigenvalue weighted by Crippen LogP contribution is -2.22. The summed E-state index contributed by atoms with van der Waals surface area (Å²) in [7, 11) is 1.64. The number of nitrogens with two attached hydrogens (primary N) is 2. The molecule has 0 radical (unpaired) electrons. The Bertz CT molecular complexity index is 546. The van der Waals surface area contributed by atoms with E-state index >= 15 is 0 Å². The molecular weight excluding hydrogens is 357 g/mol. The first-order valence-electron chi connectivity index (χ1n) is 5.43. The topological polar surface area (TPSA) is 91.5 Å². The van der Waals surface area contributed by atoms with Crippen molar-refractivity contribution in [3.05, 3.63) is 42.2 Å². The first-order valence-corrected chi connectivity index (χ1v) is 5.43. The normalized spacial score (nSPS) is 9.53. The number of methoxy groups -OCH3 is 1. The van der Waals surface area contributed by atoms with Crippen LogP contribution >= 0.6 is 24.0 Å². The summed E-state index contributed by atoms with van der Waals surface area (Å²) in [6.45, 7) is 0.380. The van der Waals surface area contributed by atoms with Gasteiger partial charge in [-0.05, 0) is 30.3 Å². The molecule has 2 aromatic rings. The van der Waals surface area contributed by atoms with Crippen LogP contribution in [0.5, 0.6) is 5.75 Å². The molecule has 0 aliphatic heterocycles. The van der Waals surface area contributed by atoms with E-state index in [1.807, 2.05) is 36.5 Å². The lowest BCUT2D eigenvalue weighted by molar-refractivity contribution is 0.414. The van der Waals surface area contributed by atoms with Gasteiger partial charge in [-0.3, -0.25) is 0 Å². The molecule has 1 heterocycles. The minimum absolute atomic E-state index is 0. The molecule has 0 bridgehead atoms. The zero-order valence-corrected chi connectivity index (χ0v) is 12.8. The lowest BCUT2D eigenvalue weighted by atomic mass is 10.3. The van der Waals surface area contributed by atoms with Crippen molar-refractivity contribution in [3.8, 4) is 11.4 Å². The fourth-order valence-corrected chi connectivity index (χ4v) is 1.50. The molecule has 1 aromatic heterocycles. The van der Waals surface area contributed by atoms with Gasteiger partial charge in [0.1, 0.15) is 5.75 Å². The maximum absolute atomic E-state index is 5.27. The molecule has 7 heteroatoms. The number of hydrogen-bond acceptors (Lipinski definition) is 3. The number of halogens is 1. The summed E-state index contributed by atoms with van der Waals surface area (Å²) >= 11 is 0. The minimum atomic E-state index is 0. The fourth-order valence-electron chi connectivity index (χ4n) is 1.50. The Morgan fingerprint density at radius 3 is 2.53 bits per heavy atom. The van der Waals surface area contributed by atoms with Gasteiger partial charge in [0.15, 0.2) is 5.96 Å². The number of benzene rings is 1. The Kier molecular flexibility index (Phi) is 5.61. The van der Waals surface area contributed by atoms with Crippen molar-refractivity contribution in [1.29, 1.82) is 0 Å². The van der Waals surface area contributed by atoms with Gasteiger partial charge in [-0.15, -0.1) is 24.0 Å². The van der Waals surface area contributed by atoms with E-state index in [0.29, 0.717) is 6.54 Å². The van der Waals surface area contributed by atoms with Crippen molar-refractivity contribution >= 4 is 29.9 Å². The minimum Gasteiger partial charge on any atom is -0.497 e. The van der Waals surface area contributed by atoms with Gasteiger partial charge in [0.05, 0.1) is 25.0 Å². The van der Waals surface area contributed by atoms with Crippen LogP contribution in [0, 0.1) is 0 Å². The van der Waals surface area contributed by atoms with Crippen molar-refractivity contribution in [2.75, 3.05) is 7.11 Å². The zero-order valence-electron chi connectivity index (χ0n) is 10.5. The largest absolute Gasteiger partial charge is 0.497 e. The van der Waals surface area contributed by atoms with Crippen LogP contribution in [-0.4, -0.2) is 22.8 Å². The molecule has 2 rings (SSSR count). The van der Waals surface area contributed by atoms with Gasteiger partial charge in [-0.1, -0.05) is 0 Å². The second-order valence-corrected chi connectivity index (χ2v) is 3.69. The van der Waals surface area contributed by atoms with E-state index in [4.69, 9.17) is 16.2 Å². The Hall–Kier alpha value is -1.77. The average Bonchev–Trinajstić information content (AvgIpc) is 2.85. The molecule has 102 valence electrons. The molecule has 19 heavy (non-hydrogen) atoms. The van der Waals surface area contributed by atoms with Gasteiger partial charge >= 0.3 is 0 Å². The molecule has 0 saturated carbocycles. The van der Waals surface area contributed by atoms with Crippen LogP contribution in [0.4, 0.5) is 0 Å². The third-order valence-electron chi connectivity index (χ3n) is 2.40. The molecular formula is C12H16IN5O. The second-order valence-electron chi connectivity index (χ2n) is 3.69. The summed E-state index contributed by atoms with van der Waals surface area (Å²) in [6, 6.07) is 9.49. The SMILES string of the molecule is COc1ccc(-n2ccc(CN=C(N)N)n2)cc1.I. The van der Waals surface area contributed by atoms with Gasteiger partial charge in [-0.25, -0.2) is 9.67 Å². The van der Waals surface area contributed by atoms with Crippen LogP contribution in [0.25, 0.3) is 5.69 Å². The standard InChI is InChI=1S/C12H15N5O.HI/c1-18-11-4-2-10(3-5-11)17-7-6-9(16-17)8-15-12(13)14;/h2-7H,8H2,1H3,(H4,13,14,15);1H. The number of guanidine groups is 1. The molecule has 0 amide bonds. The van der Waals surface area contributed by atoms with Gasteiger partial charge in [0.25, 0.3) is 0 Å². The average molecular weight is 373 g/mol. The molecule has 4 N–H and O–H groups in total. The molecule has 0 aliphatic rings. The highest BCUT2D eigenvalue weighted by Crippen LogP contribution is 2.14. The highest BCUT2D eigenvalue weighted by molar-refractivity contribution is 14.0. The second kappa shape index (κ2) is 6.98. The molecule has 6 nitrogen and oxygen atoms in total. The van der Waals surface area contributed by atoms with E-state index in [1.165, 1.54) is 0 Å². The summed E-state index contributed by atoms with van der Waals surface area (Å²) in [6.07, 6.45) is 1.86. The molecule has 0 atom stereocenters. The summed E-state index contributed by atoms with van der Waals surface area (Å²) < 4.78 is 6.86. The van der Waals surface area contributed by atoms with Gasteiger partial charge in [-0.2, -0.15) is 5.10 Å². The molecule has 0 unspecified atom stereocenters. The highest BCUT2D eigenvalue weighted by atomic mass is 127. The van der Waals surface area contributed by atoms with Crippen LogP contribution in [0.2, 0.25) is 0 Å². The summed E-state index contributed by atoms with van der Waals surface area (Å²) in [4.78, 5) is 3.91. The van der Waals surface area contributed by atoms with E-state index in [-0.39, 0.29) is 29.9 Å². The summed E-state index contributed by atoms with van der Waals surface area (Å²) in [5.74, 6) is 0.876. The molecule has 0 aliphatic carbocycles. The van der Waals surface area contributed by atoms with Gasteiger partial charge < -0.3 is 16.2 Å². The highest BCUT2D eigenvalue weighted by Gasteiger charge is 2.01. The maximum Gasteiger partial charge on any atom is 0.186 e. The Morgan fingerprint density at radius 2 is 1.95 bits per heavy atom. The third-order valence-corrected chi connectivity index (χ3v) is 2.40. The molecule has 0 spiro atoms. The van der Waals surface area contributed by atoms with E-state index in [2.05, 4.69) is 10.1 Å². The van der Waals surface area contributed by atoms with Crippen LogP contribution in [0.15, 0.2) is 41.5 Å². The quantitative estimate of drug-likeness (QED) is 0.480. The maximum atomic E-state index is 5.27. The predicted molar refractivity (Wildman–Crippen MR) is 85.0 cm³/mol. The van der Waals surface area contributed by atoms with Crippen molar-refractivity contribution in [2.24, 2.45) is 16.5 Å². The number of rotatable bonds is 4. The first kappa shape index (κ1) is 15.3. The van der Waals surface area contributed by atoms with Gasteiger partial charge in [0.2, 0.25) is 0 Å². The zero-order chi connectivity index (χ0) is 13.0. The number of hydrogen-bond donors (Lipinski definition) is 2. The number of aromatic nitrogens is 2. The van der Waals surface area contributed by atoms with Crippen LogP contribution < -0.4 is 16.2 Å². The van der Waals surface area contributed by atoms with Gasteiger partial charge in [0, 0.05) is 6.20 Å². The van der Waals surface area contributed by atoms with E-state index in [9.17, 15) is 0 Å². The number of aliphatic imine (C=N–C) groups is 1. The smallest absolute Gasteiger partial charge is 0.186 e. The first-order chi connectivity index (χ1) is 8.69. The monoisotopic (exact) mass is 373 g/mol. The van der Waals surface area contributed by atoms with Crippen LogP contribution in [0.1, 0.15) is 5.69 Å². The molecule has 0 saturated heterocycles. The number of ether oxygens (including phenoxy) is 1. The Labute approximate surface area is 128 Å². The Morgan fingerprint density at radius 1 is 1.26 bits per heavy atom. The van der Waals surface area contributed by atoms with Crippen molar-refractivity contribution in [3.63, 3.8) is 0 Å². The van der Waals surface area contributed by atoms with E-state index < -0.39 is 0 Å². The van der Waals surface area contributed by atoms with Crippen molar-refractivity contribution in [1.82, 2.24) is 9.78 Å². The fraction of sp³-hybridized carbons (Fsp3) is 0.167. The molecule has 1 aromatic carbocycles. The third kappa shape index (κ3) is 4.12. The summed E-state index contributed by atoms with van der Waals surface area (Å²) in [5.41, 5.74) is 12.3. The summed E-state index contributed by atoms with van der Waals surface area (Å²) in [5, 5.41) is 4.37.